The monoisotopic (exact) mass is 488 g/mol. The molecule has 5 unspecified atom stereocenters. The lowest BCUT2D eigenvalue weighted by atomic mass is 9.96. The average Bonchev–Trinajstić information content (AvgIpc) is 3.52. The molecule has 182 valence electrons. The van der Waals surface area contributed by atoms with E-state index in [9.17, 15) is 30.0 Å². The van der Waals surface area contributed by atoms with Gasteiger partial charge in [0.25, 0.3) is 0 Å². The topological polar surface area (TPSA) is 154 Å². The van der Waals surface area contributed by atoms with Crippen molar-refractivity contribution in [3.05, 3.63) is 59.7 Å². The molecule has 2 aliphatic heterocycles. The molecule has 2 aromatic heterocycles. The van der Waals surface area contributed by atoms with E-state index in [4.69, 9.17) is 9.47 Å². The number of nitrogens with one attached hydrogen (secondary N) is 1. The van der Waals surface area contributed by atoms with Crippen LogP contribution < -0.4 is 0 Å². The molecule has 36 heavy (non-hydrogen) atoms. The predicted octanol–water partition coefficient (Wildman–Crippen LogP) is 1.71. The van der Waals surface area contributed by atoms with Crippen molar-refractivity contribution < 1.29 is 39.5 Å². The number of hydrogen-bond donors (Lipinski definition) is 5. The first-order valence-corrected chi connectivity index (χ1v) is 11.5. The maximum atomic E-state index is 13.0. The Morgan fingerprint density at radius 3 is 2.25 bits per heavy atom. The molecule has 10 heteroatoms. The van der Waals surface area contributed by atoms with Gasteiger partial charge in [-0.2, -0.15) is 0 Å². The van der Waals surface area contributed by atoms with Crippen molar-refractivity contribution in [2.45, 2.75) is 30.6 Å². The van der Waals surface area contributed by atoms with Crippen LogP contribution in [0, 0.1) is 0 Å². The molecule has 5 aromatic rings. The number of aliphatic hydroxyl groups is 4. The summed E-state index contributed by atoms with van der Waals surface area (Å²) in [6, 6.07) is 14.4. The third-order valence-corrected chi connectivity index (χ3v) is 7.32. The van der Waals surface area contributed by atoms with Crippen molar-refractivity contribution in [2.75, 3.05) is 6.61 Å². The lowest BCUT2D eigenvalue weighted by molar-refractivity contribution is -0.249. The van der Waals surface area contributed by atoms with Crippen molar-refractivity contribution >= 4 is 55.6 Å². The van der Waals surface area contributed by atoms with Crippen LogP contribution in [0.1, 0.15) is 26.9 Å². The standard InChI is InChI=1S/C26H20N2O8/c29-9-14-21(30)22(31)23(32)24(35-14)28-13-8-4-2-6-11(13)16-18-17(25(33)36-26(18)34)15-10-5-1-3-7-12(10)27-19(15)20(16)28/h1-8,14,21-24,27,29-32H,9H2. The zero-order valence-electron chi connectivity index (χ0n) is 18.6. The number of para-hydroxylation sites is 2. The number of aromatic nitrogens is 2. The number of H-pyrrole nitrogens is 1. The highest BCUT2D eigenvalue weighted by Gasteiger charge is 2.46. The molecule has 0 spiro atoms. The van der Waals surface area contributed by atoms with Crippen LogP contribution in [-0.4, -0.2) is 72.9 Å². The number of aliphatic hydroxyl groups excluding tert-OH is 4. The number of cyclic esters (lactones) is 2. The van der Waals surface area contributed by atoms with E-state index in [1.807, 2.05) is 24.3 Å². The summed E-state index contributed by atoms with van der Waals surface area (Å²) < 4.78 is 12.6. The van der Waals surface area contributed by atoms with Crippen LogP contribution in [0.15, 0.2) is 48.5 Å². The second-order valence-corrected chi connectivity index (χ2v) is 9.18. The Kier molecular flexibility index (Phi) is 4.39. The highest BCUT2D eigenvalue weighted by molar-refractivity contribution is 6.36. The molecule has 0 bridgehead atoms. The first kappa shape index (κ1) is 21.5. The van der Waals surface area contributed by atoms with E-state index in [-0.39, 0.29) is 11.1 Å². The highest BCUT2D eigenvalue weighted by atomic mass is 16.6. The maximum Gasteiger partial charge on any atom is 0.347 e. The number of fused-ring (bicyclic) bond motifs is 10. The van der Waals surface area contributed by atoms with Gasteiger partial charge in [0.05, 0.1) is 34.3 Å². The van der Waals surface area contributed by atoms with Gasteiger partial charge in [-0.1, -0.05) is 36.4 Å². The number of nitrogens with zero attached hydrogens (tertiary/aromatic N) is 1. The summed E-state index contributed by atoms with van der Waals surface area (Å²) in [6.45, 7) is -0.587. The molecule has 0 aliphatic carbocycles. The number of benzene rings is 3. The maximum absolute atomic E-state index is 13.0. The zero-order chi connectivity index (χ0) is 24.9. The molecule has 0 saturated carbocycles. The van der Waals surface area contributed by atoms with Gasteiger partial charge in [0, 0.05) is 27.1 Å². The normalized spacial score (nSPS) is 26.4. The molecule has 5 N–H and O–H groups in total. The van der Waals surface area contributed by atoms with Gasteiger partial charge in [-0.15, -0.1) is 0 Å². The number of rotatable bonds is 2. The molecule has 0 amide bonds. The van der Waals surface area contributed by atoms with Crippen LogP contribution in [-0.2, 0) is 9.47 Å². The fourth-order valence-corrected chi connectivity index (χ4v) is 5.75. The average molecular weight is 488 g/mol. The van der Waals surface area contributed by atoms with Crippen LogP contribution in [0.25, 0.3) is 43.6 Å². The van der Waals surface area contributed by atoms with E-state index in [2.05, 4.69) is 4.98 Å². The second-order valence-electron chi connectivity index (χ2n) is 9.18. The Morgan fingerprint density at radius 1 is 0.833 bits per heavy atom. The molecule has 10 nitrogen and oxygen atoms in total. The Bertz CT molecular complexity index is 1750. The molecule has 1 fully saturated rings. The molecule has 4 heterocycles. The van der Waals surface area contributed by atoms with E-state index in [0.29, 0.717) is 38.1 Å². The number of ether oxygens (including phenoxy) is 2. The smallest absolute Gasteiger partial charge is 0.347 e. The Morgan fingerprint density at radius 2 is 1.50 bits per heavy atom. The summed E-state index contributed by atoms with van der Waals surface area (Å²) in [6.07, 6.45) is -7.06. The second kappa shape index (κ2) is 7.36. The summed E-state index contributed by atoms with van der Waals surface area (Å²) in [5.41, 5.74) is 2.53. The predicted molar refractivity (Wildman–Crippen MR) is 128 cm³/mol. The van der Waals surface area contributed by atoms with E-state index in [1.54, 1.807) is 28.8 Å². The van der Waals surface area contributed by atoms with Crippen LogP contribution in [0.4, 0.5) is 0 Å². The van der Waals surface area contributed by atoms with Crippen LogP contribution in [0.3, 0.4) is 0 Å². The Labute approximate surface area is 201 Å². The van der Waals surface area contributed by atoms with Crippen LogP contribution in [0.5, 0.6) is 0 Å². The van der Waals surface area contributed by atoms with Gasteiger partial charge >= 0.3 is 11.9 Å². The summed E-state index contributed by atoms with van der Waals surface area (Å²) in [5, 5.41) is 43.9. The van der Waals surface area contributed by atoms with E-state index in [0.717, 1.165) is 5.52 Å². The quantitative estimate of drug-likeness (QED) is 0.186. The molecule has 7 rings (SSSR count). The zero-order valence-corrected chi connectivity index (χ0v) is 18.6. The number of carbonyl (C=O) groups excluding carboxylic acids is 2. The van der Waals surface area contributed by atoms with Crippen molar-refractivity contribution in [3.63, 3.8) is 0 Å². The molecule has 1 saturated heterocycles. The fraction of sp³-hybridized carbons (Fsp3) is 0.231. The lowest BCUT2D eigenvalue weighted by Gasteiger charge is -2.41. The highest BCUT2D eigenvalue weighted by Crippen LogP contribution is 2.46. The SMILES string of the molecule is O=C1OC(=O)c2c1c1c3ccccc3[nH]c1c1c2c2ccccc2n1C1OC(CO)C(O)C(O)C1O. The fourth-order valence-electron chi connectivity index (χ4n) is 5.75. The van der Waals surface area contributed by atoms with Crippen LogP contribution in [0.2, 0.25) is 0 Å². The van der Waals surface area contributed by atoms with Crippen molar-refractivity contribution in [2.24, 2.45) is 0 Å². The summed E-state index contributed by atoms with van der Waals surface area (Å²) in [7, 11) is 0. The molecule has 5 atom stereocenters. The third kappa shape index (κ3) is 2.56. The molecule has 2 aliphatic rings. The van der Waals surface area contributed by atoms with Gasteiger partial charge in [0.2, 0.25) is 0 Å². The molecular formula is C26H20N2O8. The minimum atomic E-state index is -1.60. The summed E-state index contributed by atoms with van der Waals surface area (Å²) in [5.74, 6) is -1.51. The van der Waals surface area contributed by atoms with Gasteiger partial charge in [-0.25, -0.2) is 9.59 Å². The number of aromatic amines is 1. The molecular weight excluding hydrogens is 468 g/mol. The first-order chi connectivity index (χ1) is 17.4. The lowest BCUT2D eigenvalue weighted by Crippen LogP contribution is -2.56. The van der Waals surface area contributed by atoms with Gasteiger partial charge in [0.15, 0.2) is 6.23 Å². The summed E-state index contributed by atoms with van der Waals surface area (Å²) in [4.78, 5) is 29.3. The van der Waals surface area contributed by atoms with Gasteiger partial charge in [-0.3, -0.25) is 0 Å². The Balaban J connectivity index is 1.70. The van der Waals surface area contributed by atoms with Gasteiger partial charge in [-0.05, 0) is 12.1 Å². The van der Waals surface area contributed by atoms with E-state index in [1.165, 1.54) is 0 Å². The number of esters is 2. The molecule has 0 radical (unpaired) electrons. The van der Waals surface area contributed by atoms with Gasteiger partial charge in [0.1, 0.15) is 24.4 Å². The molecule has 3 aromatic carbocycles. The van der Waals surface area contributed by atoms with Crippen molar-refractivity contribution in [3.8, 4) is 0 Å². The number of hydrogen-bond acceptors (Lipinski definition) is 8. The van der Waals surface area contributed by atoms with E-state index < -0.39 is 49.2 Å². The summed E-state index contributed by atoms with van der Waals surface area (Å²) >= 11 is 0. The largest absolute Gasteiger partial charge is 0.394 e. The van der Waals surface area contributed by atoms with Crippen molar-refractivity contribution in [1.29, 1.82) is 0 Å². The minimum Gasteiger partial charge on any atom is -0.394 e. The van der Waals surface area contributed by atoms with Gasteiger partial charge < -0.3 is 39.5 Å². The Hall–Kier alpha value is -3.80. The minimum absolute atomic E-state index is 0.117. The first-order valence-electron chi connectivity index (χ1n) is 11.5. The van der Waals surface area contributed by atoms with E-state index >= 15 is 0 Å². The number of carbonyl (C=O) groups is 2. The van der Waals surface area contributed by atoms with Crippen molar-refractivity contribution in [1.82, 2.24) is 9.55 Å². The van der Waals surface area contributed by atoms with Crippen LogP contribution >= 0.6 is 0 Å². The third-order valence-electron chi connectivity index (χ3n) is 7.32.